The number of fused-ring (bicyclic) bond motifs is 1. The van der Waals surface area contributed by atoms with Crippen LogP contribution in [0.4, 0.5) is 0 Å². The quantitative estimate of drug-likeness (QED) is 0.758. The van der Waals surface area contributed by atoms with Gasteiger partial charge in [-0.15, -0.1) is 0 Å². The molecular formula is C19H24BrN3O3. The fourth-order valence-electron chi connectivity index (χ4n) is 3.99. The molecule has 1 aliphatic heterocycles. The van der Waals surface area contributed by atoms with Crippen LogP contribution >= 0.6 is 15.9 Å². The average molecular weight is 422 g/mol. The van der Waals surface area contributed by atoms with Crippen LogP contribution in [0.1, 0.15) is 32.1 Å². The molecule has 140 valence electrons. The lowest BCUT2D eigenvalue weighted by Crippen LogP contribution is -2.35. The maximum Gasteiger partial charge on any atom is 0.334 e. The van der Waals surface area contributed by atoms with Crippen LogP contribution in [-0.2, 0) is 16.0 Å². The number of halogens is 1. The van der Waals surface area contributed by atoms with Gasteiger partial charge in [0.05, 0.1) is 24.8 Å². The molecule has 2 aromatic heterocycles. The van der Waals surface area contributed by atoms with E-state index in [1.807, 2.05) is 10.6 Å². The van der Waals surface area contributed by atoms with E-state index < -0.39 is 0 Å². The number of allylic oxidation sites excluding steroid dienone is 2. The van der Waals surface area contributed by atoms with Gasteiger partial charge in [0, 0.05) is 35.9 Å². The first-order valence-corrected chi connectivity index (χ1v) is 10.0. The molecule has 2 atom stereocenters. The van der Waals surface area contributed by atoms with Crippen molar-refractivity contribution in [2.24, 2.45) is 5.92 Å². The first-order chi connectivity index (χ1) is 12.7. The van der Waals surface area contributed by atoms with Crippen LogP contribution in [0.3, 0.4) is 0 Å². The molecule has 1 aliphatic carbocycles. The summed E-state index contributed by atoms with van der Waals surface area (Å²) in [7, 11) is 1.71. The van der Waals surface area contributed by atoms with Gasteiger partial charge in [0.25, 0.3) is 0 Å². The molecule has 0 saturated carbocycles. The number of hydrogen-bond acceptors (Lipinski definition) is 4. The Morgan fingerprint density at radius 2 is 2.27 bits per heavy atom. The minimum absolute atomic E-state index is 0.00158. The Bertz CT molecular complexity index is 886. The summed E-state index contributed by atoms with van der Waals surface area (Å²) in [5.41, 5.74) is 2.69. The third kappa shape index (κ3) is 3.40. The molecule has 2 aromatic rings. The van der Waals surface area contributed by atoms with Gasteiger partial charge in [-0.05, 0) is 54.1 Å². The minimum Gasteiger partial charge on any atom is -0.379 e. The number of rotatable bonds is 4. The number of methoxy groups -OCH3 is 1. The summed E-state index contributed by atoms with van der Waals surface area (Å²) >= 11 is 3.50. The largest absolute Gasteiger partial charge is 0.379 e. The van der Waals surface area contributed by atoms with Crippen molar-refractivity contribution in [1.82, 2.24) is 14.1 Å². The number of pyridine rings is 1. The lowest BCUT2D eigenvalue weighted by Gasteiger charge is -2.28. The summed E-state index contributed by atoms with van der Waals surface area (Å²) in [5.74, 6) is 0.254. The molecule has 1 saturated heterocycles. The van der Waals surface area contributed by atoms with Gasteiger partial charge in [-0.2, -0.15) is 0 Å². The van der Waals surface area contributed by atoms with Gasteiger partial charge in [-0.3, -0.25) is 4.57 Å². The number of imidazole rings is 1. The van der Waals surface area contributed by atoms with Crippen molar-refractivity contribution < 1.29 is 9.47 Å². The summed E-state index contributed by atoms with van der Waals surface area (Å²) in [6.07, 6.45) is 9.20. The molecule has 0 spiro atoms. The monoisotopic (exact) mass is 421 g/mol. The van der Waals surface area contributed by atoms with E-state index in [1.54, 1.807) is 17.9 Å². The molecule has 0 N–H and O–H groups in total. The molecule has 0 unspecified atom stereocenters. The second kappa shape index (κ2) is 7.66. The SMILES string of the molecule is CO[C@@H]1COC[C@H](Cn2c(=O)n(C3=CCCCC3)c3ncc(Br)cc32)C1. The minimum atomic E-state index is -0.00158. The Labute approximate surface area is 160 Å². The van der Waals surface area contributed by atoms with E-state index in [-0.39, 0.29) is 17.7 Å². The second-order valence-corrected chi connectivity index (χ2v) is 8.08. The lowest BCUT2D eigenvalue weighted by atomic mass is 10.00. The summed E-state index contributed by atoms with van der Waals surface area (Å²) < 4.78 is 15.7. The second-order valence-electron chi connectivity index (χ2n) is 7.16. The topological polar surface area (TPSA) is 58.3 Å². The van der Waals surface area contributed by atoms with Gasteiger partial charge < -0.3 is 9.47 Å². The van der Waals surface area contributed by atoms with Crippen LogP contribution in [0.2, 0.25) is 0 Å². The first-order valence-electron chi connectivity index (χ1n) is 9.24. The van der Waals surface area contributed by atoms with Crippen molar-refractivity contribution in [3.8, 4) is 0 Å². The Morgan fingerprint density at radius 3 is 3.04 bits per heavy atom. The van der Waals surface area contributed by atoms with Crippen molar-refractivity contribution in [3.63, 3.8) is 0 Å². The molecule has 0 bridgehead atoms. The van der Waals surface area contributed by atoms with Gasteiger partial charge in [-0.25, -0.2) is 14.3 Å². The fourth-order valence-corrected chi connectivity index (χ4v) is 4.31. The molecule has 7 heteroatoms. The third-order valence-corrected chi connectivity index (χ3v) is 5.75. The molecule has 0 radical (unpaired) electrons. The number of hydrogen-bond donors (Lipinski definition) is 0. The molecule has 6 nitrogen and oxygen atoms in total. The third-order valence-electron chi connectivity index (χ3n) is 5.32. The summed E-state index contributed by atoms with van der Waals surface area (Å²) in [5, 5.41) is 0. The van der Waals surface area contributed by atoms with Crippen molar-refractivity contribution in [3.05, 3.63) is 33.3 Å². The van der Waals surface area contributed by atoms with E-state index in [4.69, 9.17) is 9.47 Å². The van der Waals surface area contributed by atoms with Gasteiger partial charge >= 0.3 is 5.69 Å². The van der Waals surface area contributed by atoms with Crippen molar-refractivity contribution in [2.45, 2.75) is 44.8 Å². The Balaban J connectivity index is 1.76. The van der Waals surface area contributed by atoms with E-state index in [9.17, 15) is 4.79 Å². The fraction of sp³-hybridized carbons (Fsp3) is 0.579. The molecule has 0 amide bonds. The first kappa shape index (κ1) is 17.9. The van der Waals surface area contributed by atoms with E-state index in [1.165, 1.54) is 6.42 Å². The van der Waals surface area contributed by atoms with Gasteiger partial charge in [0.2, 0.25) is 0 Å². The van der Waals surface area contributed by atoms with Crippen molar-refractivity contribution in [1.29, 1.82) is 0 Å². The molecule has 2 aliphatic rings. The highest BCUT2D eigenvalue weighted by molar-refractivity contribution is 9.10. The standard InChI is InChI=1S/C19H24BrN3O3/c1-25-16-7-13(11-26-12-16)10-22-17-8-14(20)9-21-18(17)23(19(22)24)15-5-3-2-4-6-15/h5,8-9,13,16H,2-4,6-7,10-12H2,1H3/t13-,16-/m0/s1. The van der Waals surface area contributed by atoms with Crippen LogP contribution in [-0.4, -0.2) is 40.5 Å². The van der Waals surface area contributed by atoms with Gasteiger partial charge in [0.15, 0.2) is 5.65 Å². The van der Waals surface area contributed by atoms with Crippen LogP contribution < -0.4 is 5.69 Å². The normalized spacial score (nSPS) is 24.0. The van der Waals surface area contributed by atoms with Crippen molar-refractivity contribution >= 4 is 32.8 Å². The zero-order valence-electron chi connectivity index (χ0n) is 15.0. The van der Waals surface area contributed by atoms with Crippen LogP contribution in [0, 0.1) is 5.92 Å². The number of nitrogens with zero attached hydrogens (tertiary/aromatic N) is 3. The summed E-state index contributed by atoms with van der Waals surface area (Å²) in [6.45, 7) is 1.90. The highest BCUT2D eigenvalue weighted by Gasteiger charge is 2.26. The van der Waals surface area contributed by atoms with E-state index in [2.05, 4.69) is 27.0 Å². The van der Waals surface area contributed by atoms with E-state index in [0.29, 0.717) is 19.8 Å². The highest BCUT2D eigenvalue weighted by atomic mass is 79.9. The Hall–Kier alpha value is -1.44. The number of ether oxygens (including phenoxy) is 2. The maximum absolute atomic E-state index is 13.3. The smallest absolute Gasteiger partial charge is 0.334 e. The molecule has 4 rings (SSSR count). The summed E-state index contributed by atoms with van der Waals surface area (Å²) in [4.78, 5) is 17.8. The van der Waals surface area contributed by atoms with Crippen LogP contribution in [0.15, 0.2) is 27.6 Å². The zero-order valence-corrected chi connectivity index (χ0v) is 16.6. The molecular weight excluding hydrogens is 398 g/mol. The predicted octanol–water partition coefficient (Wildman–Crippen LogP) is 3.43. The van der Waals surface area contributed by atoms with E-state index in [0.717, 1.165) is 47.0 Å². The molecule has 26 heavy (non-hydrogen) atoms. The van der Waals surface area contributed by atoms with Crippen molar-refractivity contribution in [2.75, 3.05) is 20.3 Å². The zero-order chi connectivity index (χ0) is 18.1. The van der Waals surface area contributed by atoms with Gasteiger partial charge in [0.1, 0.15) is 0 Å². The average Bonchev–Trinajstić information content (AvgIpc) is 2.94. The van der Waals surface area contributed by atoms with E-state index >= 15 is 0 Å². The summed E-state index contributed by atoms with van der Waals surface area (Å²) in [6, 6.07) is 1.99. The lowest BCUT2D eigenvalue weighted by molar-refractivity contribution is -0.0586. The molecule has 3 heterocycles. The highest BCUT2D eigenvalue weighted by Crippen LogP contribution is 2.26. The van der Waals surface area contributed by atoms with Crippen LogP contribution in [0.25, 0.3) is 16.9 Å². The number of aromatic nitrogens is 3. The van der Waals surface area contributed by atoms with Gasteiger partial charge in [-0.1, -0.05) is 6.08 Å². The maximum atomic E-state index is 13.3. The predicted molar refractivity (Wildman–Crippen MR) is 104 cm³/mol. The molecule has 1 fully saturated rings. The Kier molecular flexibility index (Phi) is 5.29. The van der Waals surface area contributed by atoms with Crippen LogP contribution in [0.5, 0.6) is 0 Å². The Morgan fingerprint density at radius 1 is 1.38 bits per heavy atom. The molecule has 0 aromatic carbocycles.